The van der Waals surface area contributed by atoms with E-state index < -0.39 is 23.3 Å². The van der Waals surface area contributed by atoms with Gasteiger partial charge in [0.05, 0.1) is 16.8 Å². The Bertz CT molecular complexity index is 1110. The van der Waals surface area contributed by atoms with Crippen LogP contribution >= 0.6 is 23.1 Å². The number of nitrogen functional groups attached to an aromatic ring is 1. The number of carboxylic acid groups (broad SMARTS) is 1. The first kappa shape index (κ1) is 20.2. The monoisotopic (exact) mass is 445 g/mol. The van der Waals surface area contributed by atoms with Gasteiger partial charge in [-0.05, 0) is 30.7 Å². The molecule has 4 rings (SSSR count). The molecule has 9 nitrogen and oxygen atoms in total. The first-order valence-corrected chi connectivity index (χ1v) is 11.0. The Morgan fingerprint density at radius 2 is 2.23 bits per heavy atom. The predicted octanol–water partition coefficient (Wildman–Crippen LogP) is 1.61. The number of nitrogens with two attached hydrogens (primary N) is 1. The van der Waals surface area contributed by atoms with Gasteiger partial charge in [-0.15, -0.1) is 11.8 Å². The van der Waals surface area contributed by atoms with Gasteiger partial charge in [-0.25, -0.2) is 9.78 Å². The molecule has 2 atom stereocenters. The molecule has 0 bridgehead atoms. The molecule has 1 aromatic carbocycles. The summed E-state index contributed by atoms with van der Waals surface area (Å²) in [7, 11) is 0. The maximum absolute atomic E-state index is 12.6. The van der Waals surface area contributed by atoms with E-state index in [-0.39, 0.29) is 18.1 Å². The van der Waals surface area contributed by atoms with E-state index in [0.29, 0.717) is 16.5 Å². The average Bonchev–Trinajstić information content (AvgIpc) is 3.09. The number of carbonyl (C=O) groups excluding carboxylic acids is 2. The van der Waals surface area contributed by atoms with E-state index in [4.69, 9.17) is 5.73 Å². The molecule has 1 unspecified atom stereocenters. The van der Waals surface area contributed by atoms with Crippen LogP contribution in [-0.4, -0.2) is 56.5 Å². The molecule has 0 saturated carbocycles. The maximum atomic E-state index is 12.6. The zero-order chi connectivity index (χ0) is 21.4. The summed E-state index contributed by atoms with van der Waals surface area (Å²) in [5.41, 5.74) is 7.81. The summed E-state index contributed by atoms with van der Waals surface area (Å²) < 4.78 is 0.909. The number of hydrogen-bond donors (Lipinski definition) is 4. The van der Waals surface area contributed by atoms with Crippen molar-refractivity contribution in [3.63, 3.8) is 0 Å². The van der Waals surface area contributed by atoms with Gasteiger partial charge in [0.2, 0.25) is 5.91 Å². The zero-order valence-corrected chi connectivity index (χ0v) is 17.5. The van der Waals surface area contributed by atoms with Gasteiger partial charge in [0.1, 0.15) is 17.1 Å². The second kappa shape index (κ2) is 8.00. The minimum absolute atomic E-state index is 0.0115. The van der Waals surface area contributed by atoms with Gasteiger partial charge in [-0.2, -0.15) is 0 Å². The lowest BCUT2D eigenvalue weighted by Crippen LogP contribution is -2.70. The third-order valence-electron chi connectivity index (χ3n) is 4.74. The average molecular weight is 446 g/mol. The molecule has 11 heteroatoms. The van der Waals surface area contributed by atoms with Crippen molar-refractivity contribution < 1.29 is 19.5 Å². The minimum atomic E-state index is -1.15. The van der Waals surface area contributed by atoms with Crippen LogP contribution in [0.25, 0.3) is 10.2 Å². The first-order chi connectivity index (χ1) is 14.4. The van der Waals surface area contributed by atoms with E-state index in [1.165, 1.54) is 28.0 Å². The molecule has 30 heavy (non-hydrogen) atoms. The summed E-state index contributed by atoms with van der Waals surface area (Å²) in [5.74, 6) is -1.45. The Labute approximate surface area is 180 Å². The highest BCUT2D eigenvalue weighted by molar-refractivity contribution is 8.00. The lowest BCUT2D eigenvalue weighted by atomic mass is 10.0. The van der Waals surface area contributed by atoms with Gasteiger partial charge in [0.15, 0.2) is 5.13 Å². The van der Waals surface area contributed by atoms with Gasteiger partial charge >= 0.3 is 5.97 Å². The van der Waals surface area contributed by atoms with E-state index in [2.05, 4.69) is 15.6 Å². The van der Waals surface area contributed by atoms with E-state index in [1.54, 1.807) is 25.1 Å². The van der Waals surface area contributed by atoms with Crippen molar-refractivity contribution in [2.24, 2.45) is 0 Å². The van der Waals surface area contributed by atoms with Crippen molar-refractivity contribution in [3.05, 3.63) is 41.6 Å². The van der Waals surface area contributed by atoms with Crippen LogP contribution < -0.4 is 16.4 Å². The second-order valence-corrected chi connectivity index (χ2v) is 8.89. The van der Waals surface area contributed by atoms with Crippen LogP contribution in [0.3, 0.4) is 0 Å². The summed E-state index contributed by atoms with van der Waals surface area (Å²) in [6.07, 6.45) is 3.44. The molecular weight excluding hydrogens is 426 g/mol. The summed E-state index contributed by atoms with van der Waals surface area (Å²) in [6, 6.07) is 4.73. The third-order valence-corrected chi connectivity index (χ3v) is 6.89. The van der Waals surface area contributed by atoms with Gasteiger partial charge in [-0.3, -0.25) is 14.5 Å². The number of rotatable bonds is 6. The fraction of sp³-hybridized carbons (Fsp3) is 0.263. The summed E-state index contributed by atoms with van der Waals surface area (Å²) in [6.45, 7) is 1.77. The number of allylic oxidation sites excluding steroid dienone is 2. The Morgan fingerprint density at radius 1 is 1.43 bits per heavy atom. The fourth-order valence-electron chi connectivity index (χ4n) is 3.43. The van der Waals surface area contributed by atoms with E-state index in [1.807, 2.05) is 12.1 Å². The maximum Gasteiger partial charge on any atom is 0.352 e. The van der Waals surface area contributed by atoms with Crippen molar-refractivity contribution in [1.29, 1.82) is 0 Å². The number of hydrogen-bond acceptors (Lipinski definition) is 8. The number of benzene rings is 1. The molecule has 5 N–H and O–H groups in total. The quantitative estimate of drug-likeness (QED) is 0.492. The van der Waals surface area contributed by atoms with E-state index in [9.17, 15) is 19.5 Å². The lowest BCUT2D eigenvalue weighted by Gasteiger charge is -2.49. The molecule has 0 aliphatic carbocycles. The normalized spacial score (nSPS) is 21.0. The largest absolute Gasteiger partial charge is 0.477 e. The molecule has 2 aromatic rings. The van der Waals surface area contributed by atoms with Crippen molar-refractivity contribution >= 4 is 61.9 Å². The molecule has 2 aliphatic rings. The Hall–Kier alpha value is -3.05. The highest BCUT2D eigenvalue weighted by Gasteiger charge is 2.53. The number of aliphatic carboxylic acids is 1. The zero-order valence-electron chi connectivity index (χ0n) is 15.9. The fourth-order valence-corrected chi connectivity index (χ4v) is 5.52. The highest BCUT2D eigenvalue weighted by Crippen LogP contribution is 2.40. The number of nitrogens with one attached hydrogen (secondary N) is 2. The highest BCUT2D eigenvalue weighted by atomic mass is 32.2. The van der Waals surface area contributed by atoms with Gasteiger partial charge < -0.3 is 21.5 Å². The molecule has 156 valence electrons. The number of carboxylic acids is 1. The molecule has 2 amide bonds. The lowest BCUT2D eigenvalue weighted by molar-refractivity contribution is -0.150. The number of β-lactam (4-membered cyclic amide) rings is 1. The van der Waals surface area contributed by atoms with E-state index >= 15 is 0 Å². The number of fused-ring (bicyclic) bond motifs is 2. The number of carbonyl (C=O) groups is 3. The van der Waals surface area contributed by atoms with Crippen LogP contribution in [0.1, 0.15) is 6.92 Å². The van der Waals surface area contributed by atoms with Crippen LogP contribution in [0.4, 0.5) is 10.8 Å². The summed E-state index contributed by atoms with van der Waals surface area (Å²) in [4.78, 5) is 42.0. The molecule has 1 aromatic heterocycles. The third kappa shape index (κ3) is 3.61. The second-order valence-electron chi connectivity index (χ2n) is 6.72. The standard InChI is InChI=1S/C19H19N5O4S2/c1-2-3-9-8-29-17-14(16(26)24(17)15(9)18(27)28)23-13(25)7-21-10-4-5-11-12(6-10)30-19(20)22-11/h2-6,14,17,21H,7-8H2,1H3,(H2,20,22)(H,23,25)(H,27,28)/b3-2+/t14?,17-/m0/s1. The van der Waals surface area contributed by atoms with Crippen molar-refractivity contribution in [1.82, 2.24) is 15.2 Å². The van der Waals surface area contributed by atoms with Gasteiger partial charge in [-0.1, -0.05) is 23.5 Å². The first-order valence-electron chi connectivity index (χ1n) is 9.12. The van der Waals surface area contributed by atoms with Crippen molar-refractivity contribution in [2.75, 3.05) is 23.3 Å². The molecule has 1 fully saturated rings. The Kier molecular flexibility index (Phi) is 5.39. The van der Waals surface area contributed by atoms with Crippen LogP contribution in [0.5, 0.6) is 0 Å². The topological polar surface area (TPSA) is 138 Å². The Balaban J connectivity index is 1.38. The van der Waals surface area contributed by atoms with Gasteiger partial charge in [0, 0.05) is 11.4 Å². The molecule has 1 saturated heterocycles. The number of nitrogens with zero attached hydrogens (tertiary/aromatic N) is 2. The SMILES string of the molecule is C/C=C/C1=C(C(=O)O)N2C(=O)C(NC(=O)CNc3ccc4nc(N)sc4c3)[C@@H]2SC1. The van der Waals surface area contributed by atoms with Crippen LogP contribution in [0.15, 0.2) is 41.6 Å². The molecule has 2 aliphatic heterocycles. The minimum Gasteiger partial charge on any atom is -0.477 e. The number of thioether (sulfide) groups is 1. The van der Waals surface area contributed by atoms with Crippen LogP contribution in [0.2, 0.25) is 0 Å². The number of anilines is 2. The number of thiazole rings is 1. The molecule has 0 radical (unpaired) electrons. The number of aromatic nitrogens is 1. The molecule has 3 heterocycles. The molecular formula is C19H19N5O4S2. The molecule has 0 spiro atoms. The summed E-state index contributed by atoms with van der Waals surface area (Å²) >= 11 is 2.79. The van der Waals surface area contributed by atoms with Gasteiger partial charge in [0.25, 0.3) is 5.91 Å². The predicted molar refractivity (Wildman–Crippen MR) is 117 cm³/mol. The van der Waals surface area contributed by atoms with Crippen LogP contribution in [0, 0.1) is 0 Å². The summed E-state index contributed by atoms with van der Waals surface area (Å²) in [5, 5.41) is 15.3. The van der Waals surface area contributed by atoms with Crippen LogP contribution in [-0.2, 0) is 14.4 Å². The number of amides is 2. The smallest absolute Gasteiger partial charge is 0.352 e. The van der Waals surface area contributed by atoms with E-state index in [0.717, 1.165) is 15.9 Å². The van der Waals surface area contributed by atoms with Crippen molar-refractivity contribution in [3.8, 4) is 0 Å². The Morgan fingerprint density at radius 3 is 2.97 bits per heavy atom. The van der Waals surface area contributed by atoms with Crippen molar-refractivity contribution in [2.45, 2.75) is 18.3 Å².